The Hall–Kier alpha value is -0.620. The Labute approximate surface area is 96.2 Å². The predicted octanol–water partition coefficient (Wildman–Crippen LogP) is 1.09. The molecule has 1 aliphatic heterocycles. The number of halogens is 1. The van der Waals surface area contributed by atoms with Gasteiger partial charge in [-0.1, -0.05) is 11.6 Å². The zero-order valence-electron chi connectivity index (χ0n) is 7.87. The van der Waals surface area contributed by atoms with Crippen LogP contribution in [0.2, 0.25) is 4.34 Å². The zero-order valence-corrected chi connectivity index (χ0v) is 9.44. The number of rotatable bonds is 2. The summed E-state index contributed by atoms with van der Waals surface area (Å²) in [5.41, 5.74) is 0. The lowest BCUT2D eigenvalue weighted by molar-refractivity contribution is -0.140. The van der Waals surface area contributed by atoms with Crippen molar-refractivity contribution >= 4 is 28.9 Å². The van der Waals surface area contributed by atoms with E-state index >= 15 is 0 Å². The van der Waals surface area contributed by atoms with Crippen molar-refractivity contribution in [1.29, 1.82) is 0 Å². The first kappa shape index (κ1) is 10.9. The standard InChI is InChI=1S/C9H11ClN2O2S/c10-6-2-1-5(15-6)7-8(9(13)14)12-4-3-11-7/h1-2,7-8,11-12H,3-4H2,(H,13,14). The molecular weight excluding hydrogens is 236 g/mol. The molecule has 2 heterocycles. The highest BCUT2D eigenvalue weighted by atomic mass is 35.5. The summed E-state index contributed by atoms with van der Waals surface area (Å²) in [4.78, 5) is 12.0. The van der Waals surface area contributed by atoms with E-state index in [2.05, 4.69) is 10.6 Å². The number of hydrogen-bond acceptors (Lipinski definition) is 4. The maximum atomic E-state index is 11.0. The summed E-state index contributed by atoms with van der Waals surface area (Å²) in [6, 6.07) is 2.90. The summed E-state index contributed by atoms with van der Waals surface area (Å²) in [7, 11) is 0. The molecule has 1 saturated heterocycles. The molecule has 0 radical (unpaired) electrons. The van der Waals surface area contributed by atoms with E-state index in [0.717, 1.165) is 11.4 Å². The topological polar surface area (TPSA) is 61.4 Å². The highest BCUT2D eigenvalue weighted by molar-refractivity contribution is 7.16. The molecule has 1 aliphatic rings. The lowest BCUT2D eigenvalue weighted by Crippen LogP contribution is -2.54. The van der Waals surface area contributed by atoms with Gasteiger partial charge in [0, 0.05) is 18.0 Å². The second-order valence-corrected chi connectivity index (χ2v) is 5.09. The molecule has 2 rings (SSSR count). The fourth-order valence-corrected chi connectivity index (χ4v) is 2.86. The van der Waals surface area contributed by atoms with Crippen LogP contribution in [0, 0.1) is 0 Å². The van der Waals surface area contributed by atoms with Gasteiger partial charge in [-0.2, -0.15) is 0 Å². The van der Waals surface area contributed by atoms with E-state index in [9.17, 15) is 4.79 Å². The number of thiophene rings is 1. The van der Waals surface area contributed by atoms with Crippen LogP contribution in [0.3, 0.4) is 0 Å². The maximum Gasteiger partial charge on any atom is 0.322 e. The summed E-state index contributed by atoms with van der Waals surface area (Å²) in [6.45, 7) is 1.44. The van der Waals surface area contributed by atoms with Gasteiger partial charge in [0.05, 0.1) is 10.4 Å². The minimum absolute atomic E-state index is 0.186. The van der Waals surface area contributed by atoms with E-state index in [1.54, 1.807) is 6.07 Å². The van der Waals surface area contributed by atoms with Crippen LogP contribution in [0.5, 0.6) is 0 Å². The van der Waals surface area contributed by atoms with Gasteiger partial charge in [-0.05, 0) is 12.1 Å². The van der Waals surface area contributed by atoms with Crippen LogP contribution < -0.4 is 10.6 Å². The number of carboxylic acids is 1. The molecule has 0 spiro atoms. The smallest absolute Gasteiger partial charge is 0.322 e. The summed E-state index contributed by atoms with van der Waals surface area (Å²) in [5, 5.41) is 15.2. The first-order valence-electron chi connectivity index (χ1n) is 4.63. The Morgan fingerprint density at radius 2 is 2.20 bits per heavy atom. The molecule has 1 aromatic rings. The first-order chi connectivity index (χ1) is 7.18. The average Bonchev–Trinajstić information content (AvgIpc) is 2.65. The monoisotopic (exact) mass is 246 g/mol. The number of aliphatic carboxylic acids is 1. The van der Waals surface area contributed by atoms with Crippen molar-refractivity contribution in [3.8, 4) is 0 Å². The van der Waals surface area contributed by atoms with Crippen LogP contribution >= 0.6 is 22.9 Å². The fraction of sp³-hybridized carbons (Fsp3) is 0.444. The molecule has 4 nitrogen and oxygen atoms in total. The molecule has 0 aromatic carbocycles. The Balaban J connectivity index is 2.21. The zero-order chi connectivity index (χ0) is 10.8. The molecule has 2 unspecified atom stereocenters. The van der Waals surface area contributed by atoms with Crippen LogP contribution in [-0.4, -0.2) is 30.2 Å². The van der Waals surface area contributed by atoms with Gasteiger partial charge in [0.1, 0.15) is 6.04 Å². The molecule has 6 heteroatoms. The van der Waals surface area contributed by atoms with Gasteiger partial charge >= 0.3 is 5.97 Å². The fourth-order valence-electron chi connectivity index (χ4n) is 1.68. The maximum absolute atomic E-state index is 11.0. The van der Waals surface area contributed by atoms with E-state index in [4.69, 9.17) is 16.7 Å². The molecule has 0 amide bonds. The van der Waals surface area contributed by atoms with E-state index in [1.165, 1.54) is 11.3 Å². The third kappa shape index (κ3) is 2.31. The molecule has 3 N–H and O–H groups in total. The lowest BCUT2D eigenvalue weighted by atomic mass is 10.0. The Morgan fingerprint density at radius 3 is 2.80 bits per heavy atom. The molecule has 1 aromatic heterocycles. The summed E-state index contributed by atoms with van der Waals surface area (Å²) >= 11 is 7.24. The van der Waals surface area contributed by atoms with E-state index in [1.807, 2.05) is 6.07 Å². The van der Waals surface area contributed by atoms with Crippen molar-refractivity contribution < 1.29 is 9.90 Å². The van der Waals surface area contributed by atoms with Crippen LogP contribution in [0.4, 0.5) is 0 Å². The van der Waals surface area contributed by atoms with Crippen LogP contribution in [0.15, 0.2) is 12.1 Å². The quantitative estimate of drug-likeness (QED) is 0.731. The molecule has 1 fully saturated rings. The van der Waals surface area contributed by atoms with Gasteiger partial charge in [0.15, 0.2) is 0 Å². The van der Waals surface area contributed by atoms with E-state index < -0.39 is 12.0 Å². The summed E-state index contributed by atoms with van der Waals surface area (Å²) < 4.78 is 0.682. The van der Waals surface area contributed by atoms with Crippen molar-refractivity contribution in [2.45, 2.75) is 12.1 Å². The van der Waals surface area contributed by atoms with Gasteiger partial charge < -0.3 is 15.7 Å². The SMILES string of the molecule is O=C(O)C1NCCNC1c1ccc(Cl)s1. The van der Waals surface area contributed by atoms with Crippen molar-refractivity contribution in [2.75, 3.05) is 13.1 Å². The van der Waals surface area contributed by atoms with Crippen LogP contribution in [0.1, 0.15) is 10.9 Å². The predicted molar refractivity (Wildman–Crippen MR) is 59.5 cm³/mol. The van der Waals surface area contributed by atoms with Crippen molar-refractivity contribution in [3.63, 3.8) is 0 Å². The summed E-state index contributed by atoms with van der Waals surface area (Å²) in [5.74, 6) is -0.836. The molecule has 15 heavy (non-hydrogen) atoms. The second-order valence-electron chi connectivity index (χ2n) is 3.34. The van der Waals surface area contributed by atoms with Crippen molar-refractivity contribution in [1.82, 2.24) is 10.6 Å². The molecular formula is C9H11ClN2O2S. The molecule has 0 saturated carbocycles. The van der Waals surface area contributed by atoms with Crippen molar-refractivity contribution in [3.05, 3.63) is 21.3 Å². The largest absolute Gasteiger partial charge is 0.480 e. The third-order valence-corrected chi connectivity index (χ3v) is 3.67. The molecule has 82 valence electrons. The molecule has 0 bridgehead atoms. The number of nitrogens with one attached hydrogen (secondary N) is 2. The van der Waals surface area contributed by atoms with E-state index in [-0.39, 0.29) is 6.04 Å². The number of carboxylic acid groups (broad SMARTS) is 1. The minimum Gasteiger partial charge on any atom is -0.480 e. The number of hydrogen-bond donors (Lipinski definition) is 3. The van der Waals surface area contributed by atoms with Crippen LogP contribution in [-0.2, 0) is 4.79 Å². The number of piperazine rings is 1. The van der Waals surface area contributed by atoms with Gasteiger partial charge in [-0.3, -0.25) is 4.79 Å². The Bertz CT molecular complexity index is 369. The Morgan fingerprint density at radius 1 is 1.47 bits per heavy atom. The summed E-state index contributed by atoms with van der Waals surface area (Å²) in [6.07, 6.45) is 0. The lowest BCUT2D eigenvalue weighted by Gasteiger charge is -2.30. The van der Waals surface area contributed by atoms with Gasteiger partial charge in [0.2, 0.25) is 0 Å². The van der Waals surface area contributed by atoms with Gasteiger partial charge in [0.25, 0.3) is 0 Å². The Kier molecular flexibility index (Phi) is 3.25. The second kappa shape index (κ2) is 4.49. The highest BCUT2D eigenvalue weighted by Crippen LogP contribution is 2.29. The molecule has 0 aliphatic carbocycles. The average molecular weight is 247 g/mol. The van der Waals surface area contributed by atoms with Gasteiger partial charge in [-0.25, -0.2) is 0 Å². The molecule has 2 atom stereocenters. The van der Waals surface area contributed by atoms with Crippen LogP contribution in [0.25, 0.3) is 0 Å². The third-order valence-electron chi connectivity index (χ3n) is 2.35. The van der Waals surface area contributed by atoms with E-state index in [0.29, 0.717) is 10.9 Å². The van der Waals surface area contributed by atoms with Gasteiger partial charge in [-0.15, -0.1) is 11.3 Å². The normalized spacial score (nSPS) is 26.5. The first-order valence-corrected chi connectivity index (χ1v) is 5.83. The number of carbonyl (C=O) groups is 1. The highest BCUT2D eigenvalue weighted by Gasteiger charge is 2.32. The van der Waals surface area contributed by atoms with Crippen molar-refractivity contribution in [2.24, 2.45) is 0 Å². The minimum atomic E-state index is -0.836.